The first kappa shape index (κ1) is 24.0. The monoisotopic (exact) mass is 431 g/mol. The number of guanidine groups is 1. The van der Waals surface area contributed by atoms with Crippen LogP contribution in [0.1, 0.15) is 31.9 Å². The van der Waals surface area contributed by atoms with Crippen molar-refractivity contribution in [2.24, 2.45) is 10.9 Å². The minimum Gasteiger partial charge on any atom is -0.379 e. The smallest absolute Gasteiger partial charge is 0.191 e. The topological polar surface area (TPSA) is 61.4 Å². The molecule has 31 heavy (non-hydrogen) atoms. The number of morpholine rings is 2. The summed E-state index contributed by atoms with van der Waals surface area (Å²) >= 11 is 0. The molecule has 2 atom stereocenters. The van der Waals surface area contributed by atoms with E-state index in [0.29, 0.717) is 18.1 Å². The quantitative estimate of drug-likeness (QED) is 0.485. The molecule has 3 rings (SSSR count). The van der Waals surface area contributed by atoms with Crippen molar-refractivity contribution in [2.75, 3.05) is 59.6 Å². The highest BCUT2D eigenvalue weighted by Gasteiger charge is 2.24. The first-order chi connectivity index (χ1) is 15.0. The Bertz CT molecular complexity index is 690. The minimum atomic E-state index is 0.320. The van der Waals surface area contributed by atoms with Gasteiger partial charge in [0.25, 0.3) is 0 Å². The summed E-state index contributed by atoms with van der Waals surface area (Å²) in [6, 6.07) is 9.31. The van der Waals surface area contributed by atoms with Crippen molar-refractivity contribution >= 4 is 5.96 Å². The number of hydrogen-bond acceptors (Lipinski definition) is 5. The predicted molar refractivity (Wildman–Crippen MR) is 126 cm³/mol. The van der Waals surface area contributed by atoms with Gasteiger partial charge in [-0.1, -0.05) is 38.1 Å². The van der Waals surface area contributed by atoms with Crippen LogP contribution < -0.4 is 10.6 Å². The number of rotatable bonds is 8. The molecule has 0 aliphatic carbocycles. The molecule has 2 unspecified atom stereocenters. The van der Waals surface area contributed by atoms with Crippen LogP contribution in [0.5, 0.6) is 0 Å². The lowest BCUT2D eigenvalue weighted by molar-refractivity contribution is -0.0212. The molecule has 2 saturated heterocycles. The van der Waals surface area contributed by atoms with Gasteiger partial charge in [0.2, 0.25) is 0 Å². The molecule has 0 amide bonds. The number of hydrogen-bond donors (Lipinski definition) is 2. The molecule has 0 spiro atoms. The fraction of sp³-hybridized carbons (Fsp3) is 0.708. The number of ether oxygens (including phenoxy) is 2. The Morgan fingerprint density at radius 2 is 1.90 bits per heavy atom. The van der Waals surface area contributed by atoms with E-state index in [1.807, 2.05) is 7.05 Å². The second-order valence-electron chi connectivity index (χ2n) is 9.00. The fourth-order valence-electron chi connectivity index (χ4n) is 4.43. The highest BCUT2D eigenvalue weighted by Crippen LogP contribution is 2.13. The molecule has 2 aliphatic rings. The zero-order valence-electron chi connectivity index (χ0n) is 19.8. The van der Waals surface area contributed by atoms with Crippen LogP contribution in [0.15, 0.2) is 29.3 Å². The summed E-state index contributed by atoms with van der Waals surface area (Å²) in [7, 11) is 1.84. The first-order valence-electron chi connectivity index (χ1n) is 11.7. The molecule has 0 aromatic heterocycles. The standard InChI is InChI=1S/C24H41N5O2/c1-19(2)23(29-9-11-30-12-10-29)16-27-24(25-4)26-15-21-6-5-7-22(14-21)18-28-8-13-31-20(3)17-28/h5-7,14,19-20,23H,8-13,15-18H2,1-4H3,(H2,25,26,27). The maximum atomic E-state index is 5.66. The molecule has 0 bridgehead atoms. The third-order valence-corrected chi connectivity index (χ3v) is 6.17. The van der Waals surface area contributed by atoms with E-state index >= 15 is 0 Å². The third kappa shape index (κ3) is 7.75. The van der Waals surface area contributed by atoms with Crippen molar-refractivity contribution in [3.8, 4) is 0 Å². The predicted octanol–water partition coefficient (Wildman–Crippen LogP) is 1.93. The van der Waals surface area contributed by atoms with Crippen LogP contribution in [-0.2, 0) is 22.6 Å². The molecule has 1 aromatic carbocycles. The van der Waals surface area contributed by atoms with Crippen LogP contribution >= 0.6 is 0 Å². The fourth-order valence-corrected chi connectivity index (χ4v) is 4.43. The Hall–Kier alpha value is -1.67. The largest absolute Gasteiger partial charge is 0.379 e. The maximum Gasteiger partial charge on any atom is 0.191 e. The van der Waals surface area contributed by atoms with Crippen LogP contribution in [0.25, 0.3) is 0 Å². The lowest BCUT2D eigenvalue weighted by atomic mass is 10.0. The van der Waals surface area contributed by atoms with Gasteiger partial charge in [-0.2, -0.15) is 0 Å². The van der Waals surface area contributed by atoms with E-state index in [1.165, 1.54) is 11.1 Å². The summed E-state index contributed by atoms with van der Waals surface area (Å²) in [5.41, 5.74) is 2.62. The van der Waals surface area contributed by atoms with Crippen LogP contribution in [0.3, 0.4) is 0 Å². The Labute approximate surface area is 188 Å². The Balaban J connectivity index is 1.48. The summed E-state index contributed by atoms with van der Waals surface area (Å²) in [5, 5.41) is 7.02. The molecule has 2 fully saturated rings. The van der Waals surface area contributed by atoms with Gasteiger partial charge in [-0.15, -0.1) is 0 Å². The Kier molecular flexibility index (Phi) is 9.58. The second-order valence-corrected chi connectivity index (χ2v) is 9.00. The van der Waals surface area contributed by atoms with Gasteiger partial charge in [-0.05, 0) is 24.0 Å². The number of benzene rings is 1. The van der Waals surface area contributed by atoms with E-state index in [4.69, 9.17) is 9.47 Å². The van der Waals surface area contributed by atoms with E-state index < -0.39 is 0 Å². The van der Waals surface area contributed by atoms with Gasteiger partial charge in [-0.25, -0.2) is 0 Å². The van der Waals surface area contributed by atoms with Crippen molar-refractivity contribution in [3.05, 3.63) is 35.4 Å². The second kappa shape index (κ2) is 12.4. The summed E-state index contributed by atoms with van der Waals surface area (Å²) in [5.74, 6) is 1.43. The van der Waals surface area contributed by atoms with Gasteiger partial charge in [-0.3, -0.25) is 14.8 Å². The highest BCUT2D eigenvalue weighted by atomic mass is 16.5. The average Bonchev–Trinajstić information content (AvgIpc) is 2.77. The molecular weight excluding hydrogens is 390 g/mol. The van der Waals surface area contributed by atoms with Gasteiger partial charge in [0, 0.05) is 58.9 Å². The molecule has 7 heteroatoms. The molecule has 174 valence electrons. The summed E-state index contributed by atoms with van der Waals surface area (Å²) in [4.78, 5) is 9.44. The van der Waals surface area contributed by atoms with E-state index in [0.717, 1.165) is 71.6 Å². The summed E-state index contributed by atoms with van der Waals surface area (Å²) in [6.07, 6.45) is 0.320. The number of aliphatic imine (C=N–C) groups is 1. The zero-order chi connectivity index (χ0) is 22.1. The van der Waals surface area contributed by atoms with E-state index in [9.17, 15) is 0 Å². The Morgan fingerprint density at radius 3 is 2.61 bits per heavy atom. The molecule has 1 aromatic rings. The lowest BCUT2D eigenvalue weighted by Crippen LogP contribution is -2.52. The molecular formula is C24H41N5O2. The molecule has 0 saturated carbocycles. The lowest BCUT2D eigenvalue weighted by Gasteiger charge is -2.37. The molecule has 2 N–H and O–H groups in total. The van der Waals surface area contributed by atoms with Crippen molar-refractivity contribution in [2.45, 2.75) is 46.0 Å². The van der Waals surface area contributed by atoms with Crippen LogP contribution in [0.4, 0.5) is 0 Å². The SMILES string of the molecule is CN=C(NCc1cccc(CN2CCOC(C)C2)c1)NCC(C(C)C)N1CCOCC1. The highest BCUT2D eigenvalue weighted by molar-refractivity contribution is 5.79. The van der Waals surface area contributed by atoms with Crippen LogP contribution in [-0.4, -0.2) is 87.5 Å². The number of nitrogens with one attached hydrogen (secondary N) is 2. The van der Waals surface area contributed by atoms with Crippen LogP contribution in [0, 0.1) is 5.92 Å². The average molecular weight is 432 g/mol. The van der Waals surface area contributed by atoms with Gasteiger partial charge >= 0.3 is 0 Å². The molecule has 0 radical (unpaired) electrons. The van der Waals surface area contributed by atoms with Crippen molar-refractivity contribution in [1.29, 1.82) is 0 Å². The molecule has 2 aliphatic heterocycles. The van der Waals surface area contributed by atoms with E-state index in [-0.39, 0.29) is 0 Å². The van der Waals surface area contributed by atoms with Gasteiger partial charge < -0.3 is 20.1 Å². The minimum absolute atomic E-state index is 0.320. The normalized spacial score (nSPS) is 22.5. The van der Waals surface area contributed by atoms with Crippen molar-refractivity contribution in [1.82, 2.24) is 20.4 Å². The molecule has 2 heterocycles. The van der Waals surface area contributed by atoms with Crippen molar-refractivity contribution < 1.29 is 9.47 Å². The van der Waals surface area contributed by atoms with Crippen molar-refractivity contribution in [3.63, 3.8) is 0 Å². The van der Waals surface area contributed by atoms with Gasteiger partial charge in [0.05, 0.1) is 25.9 Å². The number of nitrogens with zero attached hydrogens (tertiary/aromatic N) is 3. The van der Waals surface area contributed by atoms with Crippen LogP contribution in [0.2, 0.25) is 0 Å². The summed E-state index contributed by atoms with van der Waals surface area (Å²) < 4.78 is 11.2. The summed E-state index contributed by atoms with van der Waals surface area (Å²) in [6.45, 7) is 15.8. The third-order valence-electron chi connectivity index (χ3n) is 6.17. The Morgan fingerprint density at radius 1 is 1.13 bits per heavy atom. The van der Waals surface area contributed by atoms with Gasteiger partial charge in [0.1, 0.15) is 0 Å². The first-order valence-corrected chi connectivity index (χ1v) is 11.7. The van der Waals surface area contributed by atoms with E-state index in [2.05, 4.69) is 70.5 Å². The molecule has 7 nitrogen and oxygen atoms in total. The zero-order valence-corrected chi connectivity index (χ0v) is 19.8. The van der Waals surface area contributed by atoms with Gasteiger partial charge in [0.15, 0.2) is 5.96 Å². The van der Waals surface area contributed by atoms with E-state index in [1.54, 1.807) is 0 Å². The maximum absolute atomic E-state index is 5.66.